The third kappa shape index (κ3) is 6.63. The van der Waals surface area contributed by atoms with Crippen molar-refractivity contribution < 1.29 is 42.9 Å². The SMILES string of the molecule is COC(=O)C1(C(=O)OC)C/C=C\C=C\CCC(C(=O)OC)(C(=O)OC)CC/C(C=O)=C\CC1. The van der Waals surface area contributed by atoms with Crippen LogP contribution in [0.25, 0.3) is 0 Å². The molecular formula is C24H32O9. The second-order valence-electron chi connectivity index (χ2n) is 7.67. The predicted octanol–water partition coefficient (Wildman–Crippen LogP) is 2.63. The van der Waals surface area contributed by atoms with Crippen LogP contribution in [0.2, 0.25) is 0 Å². The monoisotopic (exact) mass is 464 g/mol. The summed E-state index contributed by atoms with van der Waals surface area (Å²) in [6, 6.07) is 0. The maximum Gasteiger partial charge on any atom is 0.323 e. The lowest BCUT2D eigenvalue weighted by molar-refractivity contribution is -0.171. The van der Waals surface area contributed by atoms with Gasteiger partial charge in [-0.15, -0.1) is 0 Å². The number of aldehydes is 1. The molecule has 0 fully saturated rings. The van der Waals surface area contributed by atoms with Crippen molar-refractivity contribution in [2.24, 2.45) is 10.8 Å². The Bertz CT molecular complexity index is 788. The molecule has 0 spiro atoms. The first-order valence-corrected chi connectivity index (χ1v) is 10.6. The fourth-order valence-corrected chi connectivity index (χ4v) is 3.88. The van der Waals surface area contributed by atoms with E-state index in [9.17, 15) is 24.0 Å². The second kappa shape index (κ2) is 13.3. The molecular weight excluding hydrogens is 432 g/mol. The van der Waals surface area contributed by atoms with E-state index in [0.717, 1.165) is 0 Å². The van der Waals surface area contributed by atoms with Gasteiger partial charge >= 0.3 is 23.9 Å². The summed E-state index contributed by atoms with van der Waals surface area (Å²) < 4.78 is 19.5. The molecule has 9 heteroatoms. The molecule has 33 heavy (non-hydrogen) atoms. The van der Waals surface area contributed by atoms with Gasteiger partial charge in [0, 0.05) is 0 Å². The molecule has 0 saturated carbocycles. The van der Waals surface area contributed by atoms with E-state index in [2.05, 4.69) is 0 Å². The zero-order chi connectivity index (χ0) is 24.9. The summed E-state index contributed by atoms with van der Waals surface area (Å²) in [5.41, 5.74) is -2.82. The van der Waals surface area contributed by atoms with E-state index in [-0.39, 0.29) is 38.5 Å². The molecule has 0 heterocycles. The Hall–Kier alpha value is -3.23. The highest BCUT2D eigenvalue weighted by Gasteiger charge is 2.48. The maximum absolute atomic E-state index is 12.6. The Morgan fingerprint density at radius 1 is 0.727 bits per heavy atom. The van der Waals surface area contributed by atoms with Gasteiger partial charge in [-0.05, 0) is 50.5 Å². The highest BCUT2D eigenvalue weighted by molar-refractivity contribution is 6.00. The number of hydrogen-bond donors (Lipinski definition) is 0. The molecule has 0 bridgehead atoms. The smallest absolute Gasteiger partial charge is 0.323 e. The summed E-state index contributed by atoms with van der Waals surface area (Å²) in [6.07, 6.45) is 9.75. The van der Waals surface area contributed by atoms with Crippen molar-refractivity contribution in [3.63, 3.8) is 0 Å². The van der Waals surface area contributed by atoms with Crippen molar-refractivity contribution in [1.82, 2.24) is 0 Å². The van der Waals surface area contributed by atoms with Crippen molar-refractivity contribution in [1.29, 1.82) is 0 Å². The zero-order valence-electron chi connectivity index (χ0n) is 19.6. The molecule has 0 aromatic carbocycles. The maximum atomic E-state index is 12.6. The summed E-state index contributed by atoms with van der Waals surface area (Å²) in [5, 5.41) is 0. The van der Waals surface area contributed by atoms with Gasteiger partial charge in [0.2, 0.25) is 0 Å². The summed E-state index contributed by atoms with van der Waals surface area (Å²) in [7, 11) is 4.77. The van der Waals surface area contributed by atoms with E-state index in [0.29, 0.717) is 18.3 Å². The molecule has 0 amide bonds. The van der Waals surface area contributed by atoms with Gasteiger partial charge in [0.05, 0.1) is 28.4 Å². The molecule has 0 aromatic heterocycles. The average Bonchev–Trinajstić information content (AvgIpc) is 2.85. The summed E-state index contributed by atoms with van der Waals surface area (Å²) >= 11 is 0. The molecule has 0 atom stereocenters. The minimum Gasteiger partial charge on any atom is -0.468 e. The molecule has 1 aliphatic carbocycles. The molecule has 0 radical (unpaired) electrons. The van der Waals surface area contributed by atoms with E-state index in [4.69, 9.17) is 18.9 Å². The van der Waals surface area contributed by atoms with Crippen molar-refractivity contribution >= 4 is 30.2 Å². The highest BCUT2D eigenvalue weighted by Crippen LogP contribution is 2.36. The standard InChI is InChI=1S/C24H32O9/c1-30-19(26)23(20(27)31-2)13-8-6-5-7-9-14-24(21(28)32-3,22(29)33-4)16-12-18(17-25)11-10-15-23/h5-8,11,17H,9-10,12-16H2,1-4H3/b7-5+,8-6-,18-11+. The van der Waals surface area contributed by atoms with Crippen LogP contribution < -0.4 is 0 Å². The van der Waals surface area contributed by atoms with E-state index in [1.807, 2.05) is 0 Å². The molecule has 0 N–H and O–H groups in total. The minimum atomic E-state index is -1.57. The molecule has 0 saturated heterocycles. The third-order valence-corrected chi connectivity index (χ3v) is 5.86. The van der Waals surface area contributed by atoms with Crippen molar-refractivity contribution in [2.45, 2.75) is 44.9 Å². The first-order valence-electron chi connectivity index (χ1n) is 10.6. The lowest BCUT2D eigenvalue weighted by Gasteiger charge is -2.28. The van der Waals surface area contributed by atoms with E-state index in [1.54, 1.807) is 30.4 Å². The lowest BCUT2D eigenvalue weighted by Crippen LogP contribution is -2.41. The Morgan fingerprint density at radius 2 is 1.21 bits per heavy atom. The number of carbonyl (C=O) groups is 5. The Labute approximate surface area is 193 Å². The number of ether oxygens (including phenoxy) is 4. The summed E-state index contributed by atoms with van der Waals surface area (Å²) in [6.45, 7) is 0. The van der Waals surface area contributed by atoms with Crippen LogP contribution in [0.15, 0.2) is 36.0 Å². The van der Waals surface area contributed by atoms with Crippen LogP contribution in [0.1, 0.15) is 44.9 Å². The van der Waals surface area contributed by atoms with Crippen LogP contribution in [0.5, 0.6) is 0 Å². The summed E-state index contributed by atoms with van der Waals surface area (Å²) in [4.78, 5) is 62.0. The molecule has 0 aromatic rings. The van der Waals surface area contributed by atoms with Crippen LogP contribution in [-0.4, -0.2) is 58.6 Å². The van der Waals surface area contributed by atoms with Crippen molar-refractivity contribution in [2.75, 3.05) is 28.4 Å². The topological polar surface area (TPSA) is 122 Å². The van der Waals surface area contributed by atoms with Gasteiger partial charge in [-0.3, -0.25) is 24.0 Å². The Kier molecular flexibility index (Phi) is 11.2. The Balaban J connectivity index is 3.42. The van der Waals surface area contributed by atoms with Gasteiger partial charge in [0.15, 0.2) is 10.8 Å². The molecule has 9 nitrogen and oxygen atoms in total. The summed E-state index contributed by atoms with van der Waals surface area (Å²) in [5.74, 6) is -2.93. The molecule has 182 valence electrons. The fourth-order valence-electron chi connectivity index (χ4n) is 3.88. The second-order valence-corrected chi connectivity index (χ2v) is 7.67. The molecule has 0 aliphatic heterocycles. The average molecular weight is 465 g/mol. The van der Waals surface area contributed by atoms with Crippen LogP contribution in [-0.2, 0) is 42.9 Å². The first kappa shape index (κ1) is 27.8. The van der Waals surface area contributed by atoms with Gasteiger partial charge in [0.25, 0.3) is 0 Å². The van der Waals surface area contributed by atoms with Crippen LogP contribution in [0.4, 0.5) is 0 Å². The minimum absolute atomic E-state index is 0.000253. The van der Waals surface area contributed by atoms with Gasteiger partial charge < -0.3 is 18.9 Å². The van der Waals surface area contributed by atoms with Crippen LogP contribution >= 0.6 is 0 Å². The fraction of sp³-hybridized carbons (Fsp3) is 0.542. The number of esters is 4. The van der Waals surface area contributed by atoms with Crippen molar-refractivity contribution in [3.8, 4) is 0 Å². The lowest BCUT2D eigenvalue weighted by atomic mass is 9.77. The number of methoxy groups -OCH3 is 4. The zero-order valence-corrected chi connectivity index (χ0v) is 19.6. The molecule has 1 rings (SSSR count). The Morgan fingerprint density at radius 3 is 1.73 bits per heavy atom. The van der Waals surface area contributed by atoms with Crippen LogP contribution in [0.3, 0.4) is 0 Å². The predicted molar refractivity (Wildman–Crippen MR) is 118 cm³/mol. The number of rotatable bonds is 5. The number of allylic oxidation sites excluding steroid dienone is 6. The van der Waals surface area contributed by atoms with E-state index in [1.165, 1.54) is 28.4 Å². The number of hydrogen-bond acceptors (Lipinski definition) is 9. The van der Waals surface area contributed by atoms with Gasteiger partial charge in [-0.2, -0.15) is 0 Å². The third-order valence-electron chi connectivity index (χ3n) is 5.86. The first-order chi connectivity index (χ1) is 15.8. The largest absolute Gasteiger partial charge is 0.468 e. The normalized spacial score (nSPS) is 22.0. The van der Waals surface area contributed by atoms with Crippen molar-refractivity contribution in [3.05, 3.63) is 36.0 Å². The van der Waals surface area contributed by atoms with Gasteiger partial charge in [-0.1, -0.05) is 30.4 Å². The van der Waals surface area contributed by atoms with E-state index >= 15 is 0 Å². The number of carbonyl (C=O) groups excluding carboxylic acids is 5. The molecule has 1 aliphatic rings. The van der Waals surface area contributed by atoms with E-state index < -0.39 is 34.7 Å². The van der Waals surface area contributed by atoms with Gasteiger partial charge in [0.1, 0.15) is 6.29 Å². The van der Waals surface area contributed by atoms with Crippen LogP contribution in [0, 0.1) is 10.8 Å². The quantitative estimate of drug-likeness (QED) is 0.261. The van der Waals surface area contributed by atoms with Gasteiger partial charge in [-0.25, -0.2) is 0 Å². The highest BCUT2D eigenvalue weighted by atomic mass is 16.6. The molecule has 0 unspecified atom stereocenters.